The van der Waals surface area contributed by atoms with Crippen molar-refractivity contribution in [3.8, 4) is 0 Å². The van der Waals surface area contributed by atoms with E-state index < -0.39 is 0 Å². The highest BCUT2D eigenvalue weighted by Gasteiger charge is 2.23. The summed E-state index contributed by atoms with van der Waals surface area (Å²) in [5.74, 6) is 1.75. The van der Waals surface area contributed by atoms with Crippen LogP contribution >= 0.6 is 0 Å². The first-order valence-corrected chi connectivity index (χ1v) is 7.44. The molecule has 1 rings (SSSR count). The standard InChI is InChI=1S/C15H24N2O2/c18-12-16-9-3-1-5-14-7-8-15(11-14)6-2-4-10-17-13-19/h14-15H,1-11H2. The molecule has 1 aliphatic carbocycles. The topological polar surface area (TPSA) is 58.9 Å². The molecule has 19 heavy (non-hydrogen) atoms. The molecule has 1 saturated carbocycles. The SMILES string of the molecule is O=C=NCCCCC1CCC(CCCCN=C=O)C1. The third-order valence-corrected chi connectivity index (χ3v) is 4.04. The van der Waals surface area contributed by atoms with E-state index in [1.54, 1.807) is 12.2 Å². The zero-order chi connectivity index (χ0) is 13.8. The van der Waals surface area contributed by atoms with Crippen LogP contribution < -0.4 is 0 Å². The minimum atomic E-state index is 0.636. The smallest absolute Gasteiger partial charge is 0.211 e. The zero-order valence-electron chi connectivity index (χ0n) is 11.6. The van der Waals surface area contributed by atoms with Crippen LogP contribution in [0.3, 0.4) is 0 Å². The van der Waals surface area contributed by atoms with Crippen LogP contribution in [0.1, 0.15) is 57.8 Å². The van der Waals surface area contributed by atoms with E-state index in [1.807, 2.05) is 0 Å². The van der Waals surface area contributed by atoms with Crippen molar-refractivity contribution in [1.29, 1.82) is 0 Å². The molecule has 0 saturated heterocycles. The number of hydrogen-bond donors (Lipinski definition) is 0. The first-order valence-electron chi connectivity index (χ1n) is 7.44. The number of rotatable bonds is 10. The highest BCUT2D eigenvalue weighted by molar-refractivity contribution is 5.32. The summed E-state index contributed by atoms with van der Waals surface area (Å²) in [5.41, 5.74) is 0. The molecule has 1 fully saturated rings. The van der Waals surface area contributed by atoms with Crippen molar-refractivity contribution in [3.63, 3.8) is 0 Å². The Bertz CT molecular complexity index is 299. The highest BCUT2D eigenvalue weighted by Crippen LogP contribution is 2.36. The second kappa shape index (κ2) is 10.7. The molecule has 0 aromatic heterocycles. The maximum atomic E-state index is 9.91. The maximum Gasteiger partial charge on any atom is 0.234 e. The van der Waals surface area contributed by atoms with Gasteiger partial charge in [0, 0.05) is 0 Å². The summed E-state index contributed by atoms with van der Waals surface area (Å²) in [4.78, 5) is 27.0. The lowest BCUT2D eigenvalue weighted by atomic mass is 9.96. The molecular formula is C15H24N2O2. The van der Waals surface area contributed by atoms with Crippen LogP contribution in [0.5, 0.6) is 0 Å². The normalized spacial score (nSPS) is 21.7. The van der Waals surface area contributed by atoms with Gasteiger partial charge in [0.25, 0.3) is 0 Å². The quantitative estimate of drug-likeness (QED) is 0.345. The van der Waals surface area contributed by atoms with Crippen LogP contribution in [0.2, 0.25) is 0 Å². The minimum absolute atomic E-state index is 0.636. The van der Waals surface area contributed by atoms with Gasteiger partial charge in [-0.2, -0.15) is 0 Å². The van der Waals surface area contributed by atoms with Gasteiger partial charge in [-0.15, -0.1) is 0 Å². The van der Waals surface area contributed by atoms with Gasteiger partial charge in [0.15, 0.2) is 0 Å². The van der Waals surface area contributed by atoms with Crippen molar-refractivity contribution in [2.45, 2.75) is 57.8 Å². The molecule has 0 heterocycles. The molecule has 0 amide bonds. The van der Waals surface area contributed by atoms with Crippen LogP contribution in [-0.2, 0) is 9.59 Å². The van der Waals surface area contributed by atoms with Crippen LogP contribution in [0.25, 0.3) is 0 Å². The largest absolute Gasteiger partial charge is 0.234 e. The third-order valence-electron chi connectivity index (χ3n) is 4.04. The predicted octanol–water partition coefficient (Wildman–Crippen LogP) is 3.41. The average Bonchev–Trinajstić information content (AvgIpc) is 2.86. The van der Waals surface area contributed by atoms with E-state index in [1.165, 1.54) is 44.9 Å². The van der Waals surface area contributed by atoms with E-state index in [9.17, 15) is 9.59 Å². The first kappa shape index (κ1) is 15.8. The molecule has 0 radical (unpaired) electrons. The van der Waals surface area contributed by atoms with Crippen molar-refractivity contribution < 1.29 is 9.59 Å². The summed E-state index contributed by atoms with van der Waals surface area (Å²) >= 11 is 0. The van der Waals surface area contributed by atoms with Gasteiger partial charge in [0.1, 0.15) is 0 Å². The lowest BCUT2D eigenvalue weighted by Gasteiger charge is -2.10. The summed E-state index contributed by atoms with van der Waals surface area (Å²) in [6, 6.07) is 0. The molecule has 0 spiro atoms. The maximum absolute atomic E-state index is 9.91. The fourth-order valence-electron chi connectivity index (χ4n) is 3.04. The molecule has 0 aliphatic heterocycles. The van der Waals surface area contributed by atoms with E-state index in [0.29, 0.717) is 13.1 Å². The summed E-state index contributed by atoms with van der Waals surface area (Å²) < 4.78 is 0. The molecule has 0 aromatic carbocycles. The second-order valence-corrected chi connectivity index (χ2v) is 5.48. The number of aliphatic imine (C=N–C) groups is 2. The Kier molecular flexibility index (Phi) is 8.87. The van der Waals surface area contributed by atoms with Gasteiger partial charge in [-0.1, -0.05) is 38.5 Å². The minimum Gasteiger partial charge on any atom is -0.211 e. The predicted molar refractivity (Wildman–Crippen MR) is 74.5 cm³/mol. The Balaban J connectivity index is 1.99. The Morgan fingerprint density at radius 2 is 1.26 bits per heavy atom. The lowest BCUT2D eigenvalue weighted by Crippen LogP contribution is -1.98. The molecule has 4 heteroatoms. The molecule has 1 aliphatic rings. The number of nitrogens with zero attached hydrogens (tertiary/aromatic N) is 2. The summed E-state index contributed by atoms with van der Waals surface area (Å²) in [6.07, 6.45) is 14.2. The van der Waals surface area contributed by atoms with Gasteiger partial charge >= 0.3 is 0 Å². The van der Waals surface area contributed by atoms with Crippen LogP contribution in [-0.4, -0.2) is 25.2 Å². The van der Waals surface area contributed by atoms with E-state index in [4.69, 9.17) is 0 Å². The Morgan fingerprint density at radius 3 is 1.68 bits per heavy atom. The summed E-state index contributed by atoms with van der Waals surface area (Å²) in [6.45, 7) is 1.27. The number of hydrogen-bond acceptors (Lipinski definition) is 4. The van der Waals surface area contributed by atoms with E-state index in [-0.39, 0.29) is 0 Å². The molecular weight excluding hydrogens is 240 g/mol. The third kappa shape index (κ3) is 7.71. The fourth-order valence-corrected chi connectivity index (χ4v) is 3.04. The summed E-state index contributed by atoms with van der Waals surface area (Å²) in [7, 11) is 0. The van der Waals surface area contributed by atoms with Gasteiger partial charge < -0.3 is 0 Å². The van der Waals surface area contributed by atoms with E-state index >= 15 is 0 Å². The second-order valence-electron chi connectivity index (χ2n) is 5.48. The number of isocyanates is 2. The van der Waals surface area contributed by atoms with Gasteiger partial charge in [-0.05, 0) is 31.1 Å². The Labute approximate surface area is 115 Å². The van der Waals surface area contributed by atoms with Crippen LogP contribution in [0.4, 0.5) is 0 Å². The van der Waals surface area contributed by atoms with Gasteiger partial charge in [-0.25, -0.2) is 19.6 Å². The zero-order valence-corrected chi connectivity index (χ0v) is 11.6. The monoisotopic (exact) mass is 264 g/mol. The molecule has 2 atom stereocenters. The average molecular weight is 264 g/mol. The Hall–Kier alpha value is -1.24. The first-order chi connectivity index (χ1) is 9.36. The van der Waals surface area contributed by atoms with E-state index in [2.05, 4.69) is 9.98 Å². The van der Waals surface area contributed by atoms with Crippen LogP contribution in [0, 0.1) is 11.8 Å². The van der Waals surface area contributed by atoms with Crippen molar-refractivity contribution in [2.24, 2.45) is 21.8 Å². The molecule has 0 bridgehead atoms. The number of carbonyl (C=O) groups excluding carboxylic acids is 2. The lowest BCUT2D eigenvalue weighted by molar-refractivity contribution is 0.423. The van der Waals surface area contributed by atoms with Crippen molar-refractivity contribution >= 4 is 12.2 Å². The van der Waals surface area contributed by atoms with Gasteiger partial charge in [0.05, 0.1) is 13.1 Å². The van der Waals surface area contributed by atoms with Crippen molar-refractivity contribution in [3.05, 3.63) is 0 Å². The van der Waals surface area contributed by atoms with Gasteiger partial charge in [-0.3, -0.25) is 0 Å². The summed E-state index contributed by atoms with van der Waals surface area (Å²) in [5, 5.41) is 0. The highest BCUT2D eigenvalue weighted by atomic mass is 16.1. The molecule has 106 valence electrons. The van der Waals surface area contributed by atoms with Crippen molar-refractivity contribution in [2.75, 3.05) is 13.1 Å². The van der Waals surface area contributed by atoms with Gasteiger partial charge in [0.2, 0.25) is 12.2 Å². The van der Waals surface area contributed by atoms with Crippen LogP contribution in [0.15, 0.2) is 9.98 Å². The number of unbranched alkanes of at least 4 members (excludes halogenated alkanes) is 2. The van der Waals surface area contributed by atoms with Crippen molar-refractivity contribution in [1.82, 2.24) is 0 Å². The Morgan fingerprint density at radius 1 is 0.789 bits per heavy atom. The molecule has 4 nitrogen and oxygen atoms in total. The molecule has 0 aromatic rings. The molecule has 2 unspecified atom stereocenters. The van der Waals surface area contributed by atoms with E-state index in [0.717, 1.165) is 24.7 Å². The molecule has 0 N–H and O–H groups in total. The fraction of sp³-hybridized carbons (Fsp3) is 0.867.